The monoisotopic (exact) mass is 307 g/mol. The van der Waals surface area contributed by atoms with Crippen LogP contribution in [-0.2, 0) is 0 Å². The predicted octanol–water partition coefficient (Wildman–Crippen LogP) is 3.89. The van der Waals surface area contributed by atoms with Crippen molar-refractivity contribution in [3.05, 3.63) is 66.9 Å². The van der Waals surface area contributed by atoms with Crippen LogP contribution in [0.2, 0.25) is 0 Å². The van der Waals surface area contributed by atoms with E-state index in [9.17, 15) is 4.39 Å². The second-order valence-electron chi connectivity index (χ2n) is 5.87. The van der Waals surface area contributed by atoms with Crippen molar-refractivity contribution in [1.82, 2.24) is 14.9 Å². The van der Waals surface area contributed by atoms with E-state index in [0.717, 1.165) is 36.2 Å². The highest BCUT2D eigenvalue weighted by molar-refractivity contribution is 5.81. The van der Waals surface area contributed by atoms with Crippen LogP contribution < -0.4 is 5.32 Å². The Balaban J connectivity index is 1.87. The van der Waals surface area contributed by atoms with Crippen LogP contribution in [0, 0.1) is 5.82 Å². The first kappa shape index (κ1) is 14.2. The van der Waals surface area contributed by atoms with Crippen molar-refractivity contribution in [2.24, 2.45) is 0 Å². The first-order valence-electron chi connectivity index (χ1n) is 7.91. The molecule has 4 heteroatoms. The van der Waals surface area contributed by atoms with Crippen molar-refractivity contribution in [2.45, 2.75) is 12.5 Å². The van der Waals surface area contributed by atoms with Crippen molar-refractivity contribution in [1.29, 1.82) is 0 Å². The predicted molar refractivity (Wildman–Crippen MR) is 89.6 cm³/mol. The molecule has 1 fully saturated rings. The number of hydrogen-bond donors (Lipinski definition) is 1. The molecule has 0 spiro atoms. The van der Waals surface area contributed by atoms with Gasteiger partial charge in [0.05, 0.1) is 5.69 Å². The van der Waals surface area contributed by atoms with Crippen molar-refractivity contribution < 1.29 is 4.39 Å². The molecule has 0 radical (unpaired) electrons. The molecule has 1 aliphatic rings. The lowest BCUT2D eigenvalue weighted by atomic mass is 10.0. The second kappa shape index (κ2) is 5.97. The molecule has 0 saturated carbocycles. The summed E-state index contributed by atoms with van der Waals surface area (Å²) in [4.78, 5) is 4.13. The van der Waals surface area contributed by atoms with Gasteiger partial charge in [0.25, 0.3) is 0 Å². The lowest BCUT2D eigenvalue weighted by Gasteiger charge is -2.17. The van der Waals surface area contributed by atoms with Crippen LogP contribution in [-0.4, -0.2) is 22.6 Å². The fraction of sp³-hybridized carbons (Fsp3) is 0.211. The van der Waals surface area contributed by atoms with E-state index in [2.05, 4.69) is 27.1 Å². The van der Waals surface area contributed by atoms with E-state index in [-0.39, 0.29) is 5.82 Å². The third-order valence-corrected chi connectivity index (χ3v) is 4.45. The molecule has 3 aromatic rings. The van der Waals surface area contributed by atoms with E-state index in [1.54, 1.807) is 0 Å². The first-order chi connectivity index (χ1) is 11.3. The van der Waals surface area contributed by atoms with Crippen LogP contribution in [0.4, 0.5) is 4.39 Å². The number of hydrogen-bond acceptors (Lipinski definition) is 2. The van der Waals surface area contributed by atoms with Gasteiger partial charge in [0, 0.05) is 42.3 Å². The quantitative estimate of drug-likeness (QED) is 0.795. The van der Waals surface area contributed by atoms with Gasteiger partial charge in [-0.1, -0.05) is 12.1 Å². The Labute approximate surface area is 134 Å². The van der Waals surface area contributed by atoms with Gasteiger partial charge in [0.2, 0.25) is 0 Å². The van der Waals surface area contributed by atoms with Crippen LogP contribution in [0.5, 0.6) is 0 Å². The molecule has 1 N–H and O–H groups in total. The Morgan fingerprint density at radius 3 is 2.48 bits per heavy atom. The summed E-state index contributed by atoms with van der Waals surface area (Å²) in [6.07, 6.45) is 6.89. The highest BCUT2D eigenvalue weighted by atomic mass is 19.1. The van der Waals surface area contributed by atoms with Crippen LogP contribution >= 0.6 is 0 Å². The van der Waals surface area contributed by atoms with Gasteiger partial charge in [0.1, 0.15) is 5.82 Å². The number of pyridine rings is 1. The van der Waals surface area contributed by atoms with Gasteiger partial charge in [-0.05, 0) is 48.9 Å². The maximum Gasteiger partial charge on any atom is 0.123 e. The molecular weight excluding hydrogens is 289 g/mol. The second-order valence-corrected chi connectivity index (χ2v) is 5.87. The molecule has 0 aliphatic carbocycles. The van der Waals surface area contributed by atoms with Crippen molar-refractivity contribution >= 4 is 0 Å². The molecule has 3 nitrogen and oxygen atoms in total. The molecule has 0 bridgehead atoms. The van der Waals surface area contributed by atoms with Crippen LogP contribution in [0.15, 0.2) is 61.1 Å². The average Bonchev–Trinajstić information content (AvgIpc) is 3.25. The topological polar surface area (TPSA) is 29.9 Å². The Kier molecular flexibility index (Phi) is 3.67. The minimum Gasteiger partial charge on any atom is -0.343 e. The fourth-order valence-corrected chi connectivity index (χ4v) is 3.31. The maximum atomic E-state index is 13.3. The minimum absolute atomic E-state index is 0.210. The molecule has 1 atom stereocenters. The smallest absolute Gasteiger partial charge is 0.123 e. The minimum atomic E-state index is -0.210. The summed E-state index contributed by atoms with van der Waals surface area (Å²) in [7, 11) is 0. The summed E-state index contributed by atoms with van der Waals surface area (Å²) in [5.74, 6) is -0.210. The van der Waals surface area contributed by atoms with Gasteiger partial charge in [-0.3, -0.25) is 4.98 Å². The lowest BCUT2D eigenvalue weighted by Crippen LogP contribution is -2.13. The fourth-order valence-electron chi connectivity index (χ4n) is 3.31. The molecule has 4 rings (SSSR count). The van der Waals surface area contributed by atoms with E-state index in [1.807, 2.05) is 36.7 Å². The number of rotatable bonds is 3. The maximum absolute atomic E-state index is 13.3. The molecule has 3 heterocycles. The highest BCUT2D eigenvalue weighted by Gasteiger charge is 2.21. The number of benzene rings is 1. The van der Waals surface area contributed by atoms with Crippen molar-refractivity contribution in [2.75, 3.05) is 13.1 Å². The summed E-state index contributed by atoms with van der Waals surface area (Å²) in [6.45, 7) is 2.03. The molecule has 23 heavy (non-hydrogen) atoms. The molecule has 1 saturated heterocycles. The van der Waals surface area contributed by atoms with Gasteiger partial charge >= 0.3 is 0 Å². The zero-order valence-electron chi connectivity index (χ0n) is 12.7. The van der Waals surface area contributed by atoms with Gasteiger partial charge in [-0.25, -0.2) is 4.39 Å². The molecule has 2 aromatic heterocycles. The van der Waals surface area contributed by atoms with Crippen molar-refractivity contribution in [3.63, 3.8) is 0 Å². The Bertz CT molecular complexity index is 787. The number of nitrogens with zero attached hydrogens (tertiary/aromatic N) is 2. The summed E-state index contributed by atoms with van der Waals surface area (Å²) in [5.41, 5.74) is 4.47. The number of halogens is 1. The summed E-state index contributed by atoms with van der Waals surface area (Å²) in [5, 5.41) is 3.42. The third-order valence-electron chi connectivity index (χ3n) is 4.45. The Morgan fingerprint density at radius 2 is 1.78 bits per heavy atom. The third kappa shape index (κ3) is 2.66. The molecule has 0 amide bonds. The molecule has 116 valence electrons. The van der Waals surface area contributed by atoms with Gasteiger partial charge in [-0.2, -0.15) is 0 Å². The van der Waals surface area contributed by atoms with Crippen LogP contribution in [0.25, 0.3) is 22.4 Å². The average molecular weight is 307 g/mol. The summed E-state index contributed by atoms with van der Waals surface area (Å²) in [6, 6.07) is 13.3. The van der Waals surface area contributed by atoms with Crippen LogP contribution in [0.3, 0.4) is 0 Å². The highest BCUT2D eigenvalue weighted by Crippen LogP contribution is 2.36. The summed E-state index contributed by atoms with van der Waals surface area (Å²) < 4.78 is 15.6. The lowest BCUT2D eigenvalue weighted by molar-refractivity contribution is 0.555. The zero-order chi connectivity index (χ0) is 15.6. The van der Waals surface area contributed by atoms with Gasteiger partial charge in [0.15, 0.2) is 0 Å². The van der Waals surface area contributed by atoms with E-state index < -0.39 is 0 Å². The number of nitrogens with one attached hydrogen (secondary N) is 1. The largest absolute Gasteiger partial charge is 0.343 e. The van der Waals surface area contributed by atoms with E-state index in [1.165, 1.54) is 17.8 Å². The van der Waals surface area contributed by atoms with Gasteiger partial charge < -0.3 is 9.88 Å². The normalized spacial score (nSPS) is 17.5. The van der Waals surface area contributed by atoms with Crippen LogP contribution in [0.1, 0.15) is 12.5 Å². The standard InChI is InChI=1S/C19H18FN3/c20-16-3-1-14(2-4-16)18-8-12-23(17-7-11-22-13-17)19(18)15-5-9-21-10-6-15/h1-6,8-10,12,17,22H,7,11,13H2. The molecule has 1 unspecified atom stereocenters. The van der Waals surface area contributed by atoms with E-state index >= 15 is 0 Å². The van der Waals surface area contributed by atoms with E-state index in [0.29, 0.717) is 6.04 Å². The SMILES string of the molecule is Fc1ccc(-c2ccn(C3CCNC3)c2-c2ccncc2)cc1. The number of aromatic nitrogens is 2. The van der Waals surface area contributed by atoms with Gasteiger partial charge in [-0.15, -0.1) is 0 Å². The molecule has 1 aromatic carbocycles. The molecular formula is C19H18FN3. The molecule has 1 aliphatic heterocycles. The Hall–Kier alpha value is -2.46. The Morgan fingerprint density at radius 1 is 1.00 bits per heavy atom. The first-order valence-corrected chi connectivity index (χ1v) is 7.91. The zero-order valence-corrected chi connectivity index (χ0v) is 12.7. The summed E-state index contributed by atoms with van der Waals surface area (Å²) >= 11 is 0. The van der Waals surface area contributed by atoms with E-state index in [4.69, 9.17) is 0 Å². The van der Waals surface area contributed by atoms with Crippen molar-refractivity contribution in [3.8, 4) is 22.4 Å².